The molecule has 0 aliphatic heterocycles. The van der Waals surface area contributed by atoms with E-state index in [0.29, 0.717) is 16.5 Å². The van der Waals surface area contributed by atoms with Crippen LogP contribution in [0, 0.1) is 20.8 Å². The van der Waals surface area contributed by atoms with Crippen molar-refractivity contribution in [3.63, 3.8) is 0 Å². The van der Waals surface area contributed by atoms with E-state index in [9.17, 15) is 14.4 Å². The number of nitrogens with zero attached hydrogens (tertiary/aromatic N) is 3. The zero-order chi connectivity index (χ0) is 27.4. The minimum Gasteiger partial charge on any atom is -0.483 e. The number of rotatable bonds is 10. The number of primary amides is 1. The number of amides is 2. The fourth-order valence-electron chi connectivity index (χ4n) is 3.71. The van der Waals surface area contributed by atoms with E-state index in [1.807, 2.05) is 32.9 Å². The first-order valence-electron chi connectivity index (χ1n) is 11.6. The number of benzene rings is 1. The summed E-state index contributed by atoms with van der Waals surface area (Å²) in [6.07, 6.45) is -0.730. The number of thiophene rings is 1. The van der Waals surface area contributed by atoms with Crippen molar-refractivity contribution in [1.29, 1.82) is 0 Å². The van der Waals surface area contributed by atoms with Gasteiger partial charge in [0.15, 0.2) is 17.1 Å². The number of carbonyl (C=O) groups excluding carboxylic acids is 3. The summed E-state index contributed by atoms with van der Waals surface area (Å²) in [4.78, 5) is 37.4. The minimum atomic E-state index is -0.681. The normalized spacial score (nSPS) is 11.9. The second-order valence-corrected chi connectivity index (χ2v) is 10.9. The highest BCUT2D eigenvalue weighted by molar-refractivity contribution is 7.99. The highest BCUT2D eigenvalue weighted by atomic mass is 32.2. The van der Waals surface area contributed by atoms with E-state index < -0.39 is 11.9 Å². The minimum absolute atomic E-state index is 0.000192. The maximum absolute atomic E-state index is 12.8. The van der Waals surface area contributed by atoms with Crippen molar-refractivity contribution in [2.24, 2.45) is 12.8 Å². The Morgan fingerprint density at radius 1 is 1.11 bits per heavy atom. The predicted octanol–water partition coefficient (Wildman–Crippen LogP) is 4.34. The van der Waals surface area contributed by atoms with E-state index in [1.54, 1.807) is 32.4 Å². The SMILES string of the molecule is Cc1cc(C)cc(OC(C)c2nnc(SCC(=O)Nc3sc(C(N)=O)c(C)c3C(=O)OC(C)C)n2C)c1. The molecule has 0 bridgehead atoms. The van der Waals surface area contributed by atoms with Gasteiger partial charge in [-0.1, -0.05) is 17.8 Å². The van der Waals surface area contributed by atoms with Gasteiger partial charge in [0.25, 0.3) is 5.91 Å². The number of carbonyl (C=O) groups is 3. The molecule has 37 heavy (non-hydrogen) atoms. The van der Waals surface area contributed by atoms with Crippen molar-refractivity contribution in [1.82, 2.24) is 14.8 Å². The number of nitrogens with one attached hydrogen (secondary N) is 1. The summed E-state index contributed by atoms with van der Waals surface area (Å²) in [5.74, 6) is -0.338. The van der Waals surface area contributed by atoms with Gasteiger partial charge in [0.2, 0.25) is 5.91 Å². The topological polar surface area (TPSA) is 138 Å². The van der Waals surface area contributed by atoms with Gasteiger partial charge in [0.1, 0.15) is 10.8 Å². The molecule has 3 rings (SSSR count). The number of aromatic nitrogens is 3. The van der Waals surface area contributed by atoms with Crippen molar-refractivity contribution in [2.75, 3.05) is 11.1 Å². The molecule has 198 valence electrons. The first-order chi connectivity index (χ1) is 17.4. The number of ether oxygens (including phenoxy) is 2. The molecule has 0 saturated heterocycles. The van der Waals surface area contributed by atoms with Gasteiger partial charge in [0.05, 0.1) is 22.3 Å². The van der Waals surface area contributed by atoms with Crippen LogP contribution < -0.4 is 15.8 Å². The second kappa shape index (κ2) is 11.8. The van der Waals surface area contributed by atoms with Gasteiger partial charge in [-0.05, 0) is 70.4 Å². The highest BCUT2D eigenvalue weighted by Gasteiger charge is 2.27. The van der Waals surface area contributed by atoms with Gasteiger partial charge in [-0.15, -0.1) is 21.5 Å². The van der Waals surface area contributed by atoms with E-state index in [0.717, 1.165) is 28.2 Å². The van der Waals surface area contributed by atoms with Gasteiger partial charge in [-0.25, -0.2) is 4.79 Å². The Hall–Kier alpha value is -3.38. The molecule has 2 heterocycles. The predicted molar refractivity (Wildman–Crippen MR) is 143 cm³/mol. The molecule has 1 atom stereocenters. The van der Waals surface area contributed by atoms with Crippen molar-refractivity contribution in [3.8, 4) is 5.75 Å². The molecular weight excluding hydrogens is 514 g/mol. The van der Waals surface area contributed by atoms with Crippen molar-refractivity contribution in [2.45, 2.75) is 58.9 Å². The quantitative estimate of drug-likeness (QED) is 0.283. The number of anilines is 1. The third-order valence-electron chi connectivity index (χ3n) is 5.24. The first kappa shape index (κ1) is 28.2. The number of nitrogens with two attached hydrogens (primary N) is 1. The molecule has 12 heteroatoms. The molecule has 2 aromatic heterocycles. The van der Waals surface area contributed by atoms with Crippen LogP contribution in [0.3, 0.4) is 0 Å². The monoisotopic (exact) mass is 545 g/mol. The summed E-state index contributed by atoms with van der Waals surface area (Å²) < 4.78 is 13.1. The molecule has 0 spiro atoms. The lowest BCUT2D eigenvalue weighted by atomic mass is 10.1. The third-order valence-corrected chi connectivity index (χ3v) is 7.49. The summed E-state index contributed by atoms with van der Waals surface area (Å²) in [5.41, 5.74) is 8.16. The number of aryl methyl sites for hydroxylation is 2. The molecule has 10 nitrogen and oxygen atoms in total. The standard InChI is InChI=1S/C25H31N5O5S2/c1-12(2)34-24(33)19-15(5)20(21(26)32)37-23(19)27-18(31)11-36-25-29-28-22(30(25)7)16(6)35-17-9-13(3)8-14(4)10-17/h8-10,12,16H,11H2,1-7H3,(H2,26,32)(H,27,31). The average molecular weight is 546 g/mol. The fraction of sp³-hybridized carbons (Fsp3) is 0.400. The van der Waals surface area contributed by atoms with Gasteiger partial charge in [-0.3, -0.25) is 9.59 Å². The molecule has 0 aliphatic rings. The molecule has 0 aliphatic carbocycles. The molecule has 0 saturated carbocycles. The van der Waals surface area contributed by atoms with Gasteiger partial charge in [-0.2, -0.15) is 0 Å². The Kier molecular flexibility index (Phi) is 8.98. The van der Waals surface area contributed by atoms with Crippen LogP contribution in [0.2, 0.25) is 0 Å². The summed E-state index contributed by atoms with van der Waals surface area (Å²) >= 11 is 2.13. The Morgan fingerprint density at radius 3 is 2.35 bits per heavy atom. The summed E-state index contributed by atoms with van der Waals surface area (Å²) in [5, 5.41) is 11.9. The largest absolute Gasteiger partial charge is 0.483 e. The molecule has 3 aromatic rings. The lowest BCUT2D eigenvalue weighted by Crippen LogP contribution is -2.18. The van der Waals surface area contributed by atoms with E-state index in [4.69, 9.17) is 15.2 Å². The van der Waals surface area contributed by atoms with Crippen LogP contribution in [0.4, 0.5) is 5.00 Å². The Labute approximate surface area is 223 Å². The lowest BCUT2D eigenvalue weighted by Gasteiger charge is -2.15. The van der Waals surface area contributed by atoms with Crippen LogP contribution in [0.25, 0.3) is 0 Å². The summed E-state index contributed by atoms with van der Waals surface area (Å²) in [6.45, 7) is 10.9. The lowest BCUT2D eigenvalue weighted by molar-refractivity contribution is -0.113. The number of esters is 1. The third kappa shape index (κ3) is 6.89. The van der Waals surface area contributed by atoms with Crippen LogP contribution in [0.15, 0.2) is 23.4 Å². The molecule has 1 unspecified atom stereocenters. The van der Waals surface area contributed by atoms with E-state index >= 15 is 0 Å². The van der Waals surface area contributed by atoms with Gasteiger partial charge < -0.3 is 25.1 Å². The molecule has 0 radical (unpaired) electrons. The summed E-state index contributed by atoms with van der Waals surface area (Å²) in [6, 6.07) is 5.99. The zero-order valence-corrected chi connectivity index (χ0v) is 23.5. The smallest absolute Gasteiger partial charge is 0.341 e. The number of hydrogen-bond donors (Lipinski definition) is 2. The number of hydrogen-bond acceptors (Lipinski definition) is 9. The van der Waals surface area contributed by atoms with E-state index in [-0.39, 0.29) is 39.3 Å². The zero-order valence-electron chi connectivity index (χ0n) is 21.9. The van der Waals surface area contributed by atoms with Gasteiger partial charge >= 0.3 is 5.97 Å². The Morgan fingerprint density at radius 2 is 1.76 bits per heavy atom. The molecule has 1 aromatic carbocycles. The fourth-order valence-corrected chi connectivity index (χ4v) is 5.49. The second-order valence-electron chi connectivity index (χ2n) is 8.90. The van der Waals surface area contributed by atoms with E-state index in [2.05, 4.69) is 21.6 Å². The van der Waals surface area contributed by atoms with Crippen molar-refractivity contribution >= 4 is 45.9 Å². The summed E-state index contributed by atoms with van der Waals surface area (Å²) in [7, 11) is 1.80. The van der Waals surface area contributed by atoms with Gasteiger partial charge in [0, 0.05) is 7.05 Å². The average Bonchev–Trinajstić information content (AvgIpc) is 3.30. The van der Waals surface area contributed by atoms with Crippen LogP contribution >= 0.6 is 23.1 Å². The number of thioether (sulfide) groups is 1. The Balaban J connectivity index is 1.69. The van der Waals surface area contributed by atoms with E-state index in [1.165, 1.54) is 11.8 Å². The molecule has 2 amide bonds. The molecule has 3 N–H and O–H groups in total. The van der Waals surface area contributed by atoms with Crippen molar-refractivity contribution < 1.29 is 23.9 Å². The maximum Gasteiger partial charge on any atom is 0.341 e. The Bertz CT molecular complexity index is 1310. The van der Waals surface area contributed by atoms with Crippen molar-refractivity contribution in [3.05, 3.63) is 51.2 Å². The first-order valence-corrected chi connectivity index (χ1v) is 13.4. The van der Waals surface area contributed by atoms with Crippen LogP contribution in [-0.4, -0.2) is 44.4 Å². The van der Waals surface area contributed by atoms with Crippen LogP contribution in [0.5, 0.6) is 5.75 Å². The highest BCUT2D eigenvalue weighted by Crippen LogP contribution is 2.34. The maximum atomic E-state index is 12.8. The van der Waals surface area contributed by atoms with Crippen LogP contribution in [0.1, 0.15) is 69.4 Å². The molecular formula is C25H31N5O5S2. The molecule has 0 fully saturated rings. The van der Waals surface area contributed by atoms with Crippen LogP contribution in [-0.2, 0) is 16.6 Å².